The lowest BCUT2D eigenvalue weighted by atomic mass is 10.0. The van der Waals surface area contributed by atoms with Crippen LogP contribution in [0.25, 0.3) is 0 Å². The first-order chi connectivity index (χ1) is 9.11. The fourth-order valence-corrected chi connectivity index (χ4v) is 2.19. The van der Waals surface area contributed by atoms with Gasteiger partial charge in [-0.1, -0.05) is 19.1 Å². The fourth-order valence-electron chi connectivity index (χ4n) is 2.19. The average molecular weight is 263 g/mol. The Morgan fingerprint density at radius 3 is 2.74 bits per heavy atom. The van der Waals surface area contributed by atoms with Gasteiger partial charge in [0.05, 0.1) is 12.7 Å². The molecule has 2 rings (SSSR count). The summed E-state index contributed by atoms with van der Waals surface area (Å²) in [6.07, 6.45) is 2.22. The Bertz CT molecular complexity index is 386. The maximum absolute atomic E-state index is 5.94. The highest BCUT2D eigenvalue weighted by Gasteiger charge is 2.24. The minimum Gasteiger partial charge on any atom is -0.494 e. The second-order valence-corrected chi connectivity index (χ2v) is 5.79. The van der Waals surface area contributed by atoms with E-state index in [1.165, 1.54) is 5.56 Å². The van der Waals surface area contributed by atoms with Gasteiger partial charge in [-0.2, -0.15) is 0 Å². The van der Waals surface area contributed by atoms with Crippen molar-refractivity contribution in [2.75, 3.05) is 19.8 Å². The first kappa shape index (κ1) is 14.4. The molecule has 1 aliphatic heterocycles. The SMILES string of the molecule is CCCOc1ccc(C2CNC(C)(C)CCO2)cc1. The molecule has 0 saturated carbocycles. The van der Waals surface area contributed by atoms with Gasteiger partial charge in [0.2, 0.25) is 0 Å². The van der Waals surface area contributed by atoms with E-state index < -0.39 is 0 Å². The molecule has 1 atom stereocenters. The number of hydrogen-bond acceptors (Lipinski definition) is 3. The molecule has 1 aromatic carbocycles. The maximum atomic E-state index is 5.94. The zero-order valence-corrected chi connectivity index (χ0v) is 12.2. The highest BCUT2D eigenvalue weighted by molar-refractivity contribution is 5.29. The van der Waals surface area contributed by atoms with Gasteiger partial charge in [-0.25, -0.2) is 0 Å². The molecule has 0 radical (unpaired) electrons. The summed E-state index contributed by atoms with van der Waals surface area (Å²) in [5, 5.41) is 3.56. The fraction of sp³-hybridized carbons (Fsp3) is 0.625. The molecule has 1 N–H and O–H groups in total. The molecule has 3 heteroatoms. The van der Waals surface area contributed by atoms with Crippen LogP contribution in [0.4, 0.5) is 0 Å². The van der Waals surface area contributed by atoms with Crippen LogP contribution in [0.5, 0.6) is 5.75 Å². The molecule has 0 aliphatic carbocycles. The molecule has 3 nitrogen and oxygen atoms in total. The Morgan fingerprint density at radius 2 is 2.05 bits per heavy atom. The topological polar surface area (TPSA) is 30.5 Å². The third-order valence-corrected chi connectivity index (χ3v) is 3.54. The van der Waals surface area contributed by atoms with Crippen LogP contribution >= 0.6 is 0 Å². The lowest BCUT2D eigenvalue weighted by molar-refractivity contribution is 0.0656. The van der Waals surface area contributed by atoms with Gasteiger partial charge in [0, 0.05) is 18.7 Å². The standard InChI is InChI=1S/C16H25NO2/c1-4-10-18-14-7-5-13(6-8-14)15-12-17-16(2,3)9-11-19-15/h5-8,15,17H,4,9-12H2,1-3H3. The first-order valence-corrected chi connectivity index (χ1v) is 7.20. The van der Waals surface area contributed by atoms with Crippen LogP contribution in [0, 0.1) is 0 Å². The molecule has 0 bridgehead atoms. The van der Waals surface area contributed by atoms with Crippen molar-refractivity contribution in [2.24, 2.45) is 0 Å². The van der Waals surface area contributed by atoms with Crippen LogP contribution < -0.4 is 10.1 Å². The molecular weight excluding hydrogens is 238 g/mol. The summed E-state index contributed by atoms with van der Waals surface area (Å²) >= 11 is 0. The van der Waals surface area contributed by atoms with Crippen molar-refractivity contribution in [3.63, 3.8) is 0 Å². The predicted molar refractivity (Wildman–Crippen MR) is 77.6 cm³/mol. The molecule has 0 spiro atoms. The molecule has 1 heterocycles. The Morgan fingerprint density at radius 1 is 1.32 bits per heavy atom. The lowest BCUT2D eigenvalue weighted by Crippen LogP contribution is -2.39. The molecule has 19 heavy (non-hydrogen) atoms. The number of benzene rings is 1. The van der Waals surface area contributed by atoms with E-state index in [-0.39, 0.29) is 11.6 Å². The van der Waals surface area contributed by atoms with Crippen molar-refractivity contribution in [3.8, 4) is 5.75 Å². The monoisotopic (exact) mass is 263 g/mol. The third kappa shape index (κ3) is 4.22. The van der Waals surface area contributed by atoms with E-state index in [2.05, 4.69) is 38.2 Å². The third-order valence-electron chi connectivity index (χ3n) is 3.54. The maximum Gasteiger partial charge on any atom is 0.119 e. The van der Waals surface area contributed by atoms with Crippen molar-refractivity contribution >= 4 is 0 Å². The smallest absolute Gasteiger partial charge is 0.119 e. The van der Waals surface area contributed by atoms with E-state index in [0.29, 0.717) is 0 Å². The Kier molecular flexibility index (Phi) is 4.83. The van der Waals surface area contributed by atoms with Crippen LogP contribution in [0.2, 0.25) is 0 Å². The van der Waals surface area contributed by atoms with E-state index >= 15 is 0 Å². The summed E-state index contributed by atoms with van der Waals surface area (Å²) in [6, 6.07) is 8.28. The van der Waals surface area contributed by atoms with Gasteiger partial charge < -0.3 is 14.8 Å². The van der Waals surface area contributed by atoms with Gasteiger partial charge in [0.15, 0.2) is 0 Å². The molecular formula is C16H25NO2. The van der Waals surface area contributed by atoms with Crippen LogP contribution in [0.15, 0.2) is 24.3 Å². The summed E-state index contributed by atoms with van der Waals surface area (Å²) in [5.74, 6) is 0.938. The minimum atomic E-state index is 0.141. The molecule has 1 saturated heterocycles. The highest BCUT2D eigenvalue weighted by Crippen LogP contribution is 2.24. The quantitative estimate of drug-likeness (QED) is 0.904. The van der Waals surface area contributed by atoms with Gasteiger partial charge >= 0.3 is 0 Å². The number of rotatable bonds is 4. The van der Waals surface area contributed by atoms with Gasteiger partial charge in [-0.05, 0) is 44.4 Å². The Balaban J connectivity index is 1.97. The van der Waals surface area contributed by atoms with Gasteiger partial charge in [0.25, 0.3) is 0 Å². The zero-order chi connectivity index (χ0) is 13.7. The Hall–Kier alpha value is -1.06. The van der Waals surface area contributed by atoms with Crippen molar-refractivity contribution in [1.82, 2.24) is 5.32 Å². The molecule has 0 amide bonds. The normalized spacial score (nSPS) is 22.8. The average Bonchev–Trinajstić information content (AvgIpc) is 2.58. The van der Waals surface area contributed by atoms with E-state index in [1.807, 2.05) is 12.1 Å². The number of nitrogens with one attached hydrogen (secondary N) is 1. The molecule has 0 aromatic heterocycles. The van der Waals surface area contributed by atoms with E-state index in [9.17, 15) is 0 Å². The van der Waals surface area contributed by atoms with Crippen molar-refractivity contribution < 1.29 is 9.47 Å². The van der Waals surface area contributed by atoms with Gasteiger partial charge in [0.1, 0.15) is 5.75 Å². The molecule has 106 valence electrons. The summed E-state index contributed by atoms with van der Waals surface area (Å²) < 4.78 is 11.5. The summed E-state index contributed by atoms with van der Waals surface area (Å²) in [5.41, 5.74) is 1.38. The van der Waals surface area contributed by atoms with E-state index in [4.69, 9.17) is 9.47 Å². The van der Waals surface area contributed by atoms with Gasteiger partial charge in [-0.15, -0.1) is 0 Å². The molecule has 1 unspecified atom stereocenters. The molecule has 1 fully saturated rings. The summed E-state index contributed by atoms with van der Waals surface area (Å²) in [7, 11) is 0. The Labute approximate surface area is 116 Å². The lowest BCUT2D eigenvalue weighted by Gasteiger charge is -2.23. The zero-order valence-electron chi connectivity index (χ0n) is 12.2. The molecule has 1 aliphatic rings. The first-order valence-electron chi connectivity index (χ1n) is 7.20. The van der Waals surface area contributed by atoms with Crippen LogP contribution in [0.3, 0.4) is 0 Å². The highest BCUT2D eigenvalue weighted by atomic mass is 16.5. The van der Waals surface area contributed by atoms with Gasteiger partial charge in [-0.3, -0.25) is 0 Å². The predicted octanol–water partition coefficient (Wildman–Crippen LogP) is 3.31. The summed E-state index contributed by atoms with van der Waals surface area (Å²) in [4.78, 5) is 0. The van der Waals surface area contributed by atoms with Crippen molar-refractivity contribution in [3.05, 3.63) is 29.8 Å². The minimum absolute atomic E-state index is 0.141. The van der Waals surface area contributed by atoms with Crippen LogP contribution in [-0.2, 0) is 4.74 Å². The largest absolute Gasteiger partial charge is 0.494 e. The number of hydrogen-bond donors (Lipinski definition) is 1. The van der Waals surface area contributed by atoms with Crippen molar-refractivity contribution in [1.29, 1.82) is 0 Å². The van der Waals surface area contributed by atoms with Crippen LogP contribution in [0.1, 0.15) is 45.3 Å². The van der Waals surface area contributed by atoms with Crippen LogP contribution in [-0.4, -0.2) is 25.3 Å². The molecule has 1 aromatic rings. The van der Waals surface area contributed by atoms with E-state index in [1.54, 1.807) is 0 Å². The number of ether oxygens (including phenoxy) is 2. The second-order valence-electron chi connectivity index (χ2n) is 5.79. The second kappa shape index (κ2) is 6.40. The van der Waals surface area contributed by atoms with E-state index in [0.717, 1.165) is 38.3 Å². The summed E-state index contributed by atoms with van der Waals surface area (Å²) in [6.45, 7) is 9.00. The van der Waals surface area contributed by atoms with Crippen molar-refractivity contribution in [2.45, 2.75) is 45.3 Å².